The van der Waals surface area contributed by atoms with E-state index in [2.05, 4.69) is 0 Å². The molecule has 0 unspecified atom stereocenters. The molecule has 7 nitrogen and oxygen atoms in total. The lowest BCUT2D eigenvalue weighted by molar-refractivity contribution is -0.162. The van der Waals surface area contributed by atoms with Gasteiger partial charge in [0, 0.05) is 16.7 Å². The van der Waals surface area contributed by atoms with Gasteiger partial charge in [-0.15, -0.1) is 0 Å². The highest BCUT2D eigenvalue weighted by atomic mass is 16.7. The number of hydrogen-bond acceptors (Lipinski definition) is 7. The topological polar surface area (TPSA) is 80.3 Å². The smallest absolute Gasteiger partial charge is 0.334 e. The minimum absolute atomic E-state index is 0.0717. The molecule has 0 radical (unpaired) electrons. The zero-order valence-corrected chi connectivity index (χ0v) is 17.0. The molecule has 28 heavy (non-hydrogen) atoms. The molecule has 0 spiro atoms. The van der Waals surface area contributed by atoms with Gasteiger partial charge in [-0.25, -0.2) is 9.59 Å². The van der Waals surface area contributed by atoms with Gasteiger partial charge in [-0.2, -0.15) is 0 Å². The summed E-state index contributed by atoms with van der Waals surface area (Å²) in [5, 5.41) is 0. The Morgan fingerprint density at radius 2 is 1.64 bits per heavy atom. The molecule has 0 saturated heterocycles. The van der Waals surface area contributed by atoms with E-state index in [1.807, 2.05) is 0 Å². The second kappa shape index (κ2) is 9.30. The number of fused-ring (bicyclic) bond motifs is 1. The van der Waals surface area contributed by atoms with E-state index in [1.165, 1.54) is 7.11 Å². The molecule has 1 aromatic carbocycles. The Morgan fingerprint density at radius 1 is 1.04 bits per heavy atom. The first-order chi connectivity index (χ1) is 13.3. The van der Waals surface area contributed by atoms with Crippen molar-refractivity contribution in [1.82, 2.24) is 0 Å². The van der Waals surface area contributed by atoms with Gasteiger partial charge in [0.15, 0.2) is 17.6 Å². The Labute approximate surface area is 164 Å². The second-order valence-corrected chi connectivity index (χ2v) is 6.34. The van der Waals surface area contributed by atoms with Crippen molar-refractivity contribution < 1.29 is 33.3 Å². The first-order valence-corrected chi connectivity index (χ1v) is 8.97. The molecule has 152 valence electrons. The number of rotatable bonds is 7. The molecule has 2 atom stereocenters. The fraction of sp³-hybridized carbons (Fsp3) is 0.429. The maximum Gasteiger partial charge on any atom is 0.334 e. The van der Waals surface area contributed by atoms with Gasteiger partial charge in [-0.05, 0) is 46.8 Å². The number of carbonyl (C=O) groups excluding carboxylic acids is 2. The summed E-state index contributed by atoms with van der Waals surface area (Å²) < 4.78 is 27.4. The van der Waals surface area contributed by atoms with Gasteiger partial charge in [0.1, 0.15) is 6.10 Å². The second-order valence-electron chi connectivity index (χ2n) is 6.34. The quantitative estimate of drug-likeness (QED) is 0.516. The summed E-state index contributed by atoms with van der Waals surface area (Å²) in [5.41, 5.74) is 1.47. The van der Waals surface area contributed by atoms with Gasteiger partial charge >= 0.3 is 11.9 Å². The summed E-state index contributed by atoms with van der Waals surface area (Å²) in [5.74, 6) is 0.412. The molecular weight excluding hydrogens is 364 g/mol. The van der Waals surface area contributed by atoms with Gasteiger partial charge in [0.2, 0.25) is 12.5 Å². The third-order valence-corrected chi connectivity index (χ3v) is 4.47. The summed E-state index contributed by atoms with van der Waals surface area (Å²) in [6, 6.07) is 3.38. The Kier molecular flexibility index (Phi) is 7.09. The van der Waals surface area contributed by atoms with Crippen molar-refractivity contribution in [3.63, 3.8) is 0 Å². The lowest BCUT2D eigenvalue weighted by Crippen LogP contribution is -2.27. The lowest BCUT2D eigenvalue weighted by atomic mass is 10.0. The van der Waals surface area contributed by atoms with Crippen LogP contribution in [0.25, 0.3) is 0 Å². The molecule has 0 aromatic heterocycles. The van der Waals surface area contributed by atoms with E-state index in [-0.39, 0.29) is 6.79 Å². The third-order valence-electron chi connectivity index (χ3n) is 4.47. The molecule has 0 amide bonds. The van der Waals surface area contributed by atoms with Gasteiger partial charge in [0.25, 0.3) is 0 Å². The predicted octanol–water partition coefficient (Wildman–Crippen LogP) is 3.87. The highest BCUT2D eigenvalue weighted by Gasteiger charge is 2.31. The molecule has 7 heteroatoms. The van der Waals surface area contributed by atoms with Crippen LogP contribution in [0.1, 0.15) is 46.3 Å². The average Bonchev–Trinajstić information content (AvgIpc) is 3.18. The summed E-state index contributed by atoms with van der Waals surface area (Å²) in [4.78, 5) is 24.6. The molecule has 2 rings (SSSR count). The fourth-order valence-electron chi connectivity index (χ4n) is 2.52. The van der Waals surface area contributed by atoms with Crippen LogP contribution in [-0.4, -0.2) is 31.9 Å². The third kappa shape index (κ3) is 4.65. The number of methoxy groups -OCH3 is 1. The number of benzene rings is 1. The SMILES string of the molecule is CC=C(C)C(=O)O[C@H](c1cc(OC)c2c(c1)OCO2)[C@@H](C)OC(=O)C(C)=CC. The molecule has 0 N–H and O–H groups in total. The zero-order chi connectivity index (χ0) is 20.8. The van der Waals surface area contributed by atoms with Crippen molar-refractivity contribution in [2.45, 2.75) is 46.8 Å². The summed E-state index contributed by atoms with van der Waals surface area (Å²) in [7, 11) is 1.50. The van der Waals surface area contributed by atoms with Crippen molar-refractivity contribution in [3.8, 4) is 17.2 Å². The van der Waals surface area contributed by atoms with E-state index in [4.69, 9.17) is 23.7 Å². The monoisotopic (exact) mass is 390 g/mol. The number of ether oxygens (including phenoxy) is 5. The van der Waals surface area contributed by atoms with Crippen LogP contribution in [0, 0.1) is 0 Å². The van der Waals surface area contributed by atoms with E-state index in [0.717, 1.165) is 0 Å². The van der Waals surface area contributed by atoms with Crippen molar-refractivity contribution in [3.05, 3.63) is 41.0 Å². The van der Waals surface area contributed by atoms with E-state index in [0.29, 0.717) is 34.0 Å². The zero-order valence-electron chi connectivity index (χ0n) is 17.0. The lowest BCUT2D eigenvalue weighted by Gasteiger charge is -2.25. The molecule has 0 aliphatic carbocycles. The van der Waals surface area contributed by atoms with Gasteiger partial charge < -0.3 is 23.7 Å². The van der Waals surface area contributed by atoms with Crippen LogP contribution in [0.5, 0.6) is 17.2 Å². The molecule has 0 saturated carbocycles. The minimum atomic E-state index is -0.862. The molecule has 1 aliphatic heterocycles. The van der Waals surface area contributed by atoms with E-state index >= 15 is 0 Å². The first-order valence-electron chi connectivity index (χ1n) is 8.97. The predicted molar refractivity (Wildman–Crippen MR) is 102 cm³/mol. The van der Waals surface area contributed by atoms with Gasteiger partial charge in [0.05, 0.1) is 7.11 Å². The van der Waals surface area contributed by atoms with Crippen molar-refractivity contribution >= 4 is 11.9 Å². The van der Waals surface area contributed by atoms with Crippen molar-refractivity contribution in [1.29, 1.82) is 0 Å². The molecular formula is C21H26O7. The molecule has 1 aliphatic rings. The van der Waals surface area contributed by atoms with E-state index in [9.17, 15) is 9.59 Å². The molecule has 1 heterocycles. The summed E-state index contributed by atoms with van der Waals surface area (Å²) in [6.45, 7) is 8.54. The minimum Gasteiger partial charge on any atom is -0.493 e. The van der Waals surface area contributed by atoms with Crippen LogP contribution >= 0.6 is 0 Å². The standard InChI is InChI=1S/C21H26O7/c1-7-12(3)20(22)27-14(5)18(28-21(23)13(4)8-2)15-9-16(24-6)19-17(10-15)25-11-26-19/h7-10,14,18H,11H2,1-6H3/t14-,18+/m1/s1. The van der Waals surface area contributed by atoms with Crippen LogP contribution < -0.4 is 14.2 Å². The van der Waals surface area contributed by atoms with Crippen LogP contribution in [0.3, 0.4) is 0 Å². The van der Waals surface area contributed by atoms with Crippen LogP contribution in [0.15, 0.2) is 35.4 Å². The largest absolute Gasteiger partial charge is 0.493 e. The number of carbonyl (C=O) groups is 2. The van der Waals surface area contributed by atoms with Crippen LogP contribution in [-0.2, 0) is 19.1 Å². The number of allylic oxidation sites excluding steroid dienone is 2. The van der Waals surface area contributed by atoms with Crippen LogP contribution in [0.4, 0.5) is 0 Å². The Balaban J connectivity index is 2.40. The van der Waals surface area contributed by atoms with E-state index < -0.39 is 24.1 Å². The molecule has 0 bridgehead atoms. The van der Waals surface area contributed by atoms with Gasteiger partial charge in [-0.3, -0.25) is 0 Å². The highest BCUT2D eigenvalue weighted by Crippen LogP contribution is 2.44. The van der Waals surface area contributed by atoms with Gasteiger partial charge in [-0.1, -0.05) is 12.2 Å². The molecule has 0 fully saturated rings. The average molecular weight is 390 g/mol. The molecule has 1 aromatic rings. The van der Waals surface area contributed by atoms with Crippen molar-refractivity contribution in [2.75, 3.05) is 13.9 Å². The fourth-order valence-corrected chi connectivity index (χ4v) is 2.52. The van der Waals surface area contributed by atoms with Crippen LogP contribution in [0.2, 0.25) is 0 Å². The summed E-state index contributed by atoms with van der Waals surface area (Å²) >= 11 is 0. The Bertz CT molecular complexity index is 807. The number of hydrogen-bond donors (Lipinski definition) is 0. The Morgan fingerprint density at radius 3 is 2.21 bits per heavy atom. The van der Waals surface area contributed by atoms with E-state index in [1.54, 1.807) is 58.9 Å². The Hall–Kier alpha value is -2.96. The van der Waals surface area contributed by atoms with Crippen molar-refractivity contribution in [2.24, 2.45) is 0 Å². The highest BCUT2D eigenvalue weighted by molar-refractivity contribution is 5.88. The maximum absolute atomic E-state index is 12.4. The normalized spacial score (nSPS) is 15.6. The maximum atomic E-state index is 12.4. The summed E-state index contributed by atoms with van der Waals surface area (Å²) in [6.07, 6.45) is 1.70. The first kappa shape index (κ1) is 21.3. The number of esters is 2.